The van der Waals surface area contributed by atoms with Gasteiger partial charge in [0.2, 0.25) is 0 Å². The van der Waals surface area contributed by atoms with Crippen molar-refractivity contribution in [3.05, 3.63) is 33.8 Å². The normalized spacial score (nSPS) is 26.0. The fourth-order valence-corrected chi connectivity index (χ4v) is 4.00. The minimum atomic E-state index is 0.724. The minimum Gasteiger partial charge on any atom is -0.316 e. The number of nitrogens with one attached hydrogen (secondary N) is 1. The second-order valence-corrected chi connectivity index (χ2v) is 7.43. The summed E-state index contributed by atoms with van der Waals surface area (Å²) < 4.78 is 0. The molecule has 0 amide bonds. The van der Waals surface area contributed by atoms with Crippen LogP contribution >= 0.6 is 23.2 Å². The van der Waals surface area contributed by atoms with E-state index >= 15 is 0 Å². The zero-order valence-electron chi connectivity index (χ0n) is 13.2. The van der Waals surface area contributed by atoms with Crippen LogP contribution in [0.2, 0.25) is 10.0 Å². The molecule has 118 valence electrons. The van der Waals surface area contributed by atoms with Crippen LogP contribution in [0.5, 0.6) is 0 Å². The molecule has 3 unspecified atom stereocenters. The summed E-state index contributed by atoms with van der Waals surface area (Å²) in [6, 6.07) is 5.93. The molecule has 0 aromatic heterocycles. The molecule has 1 aromatic rings. The molecule has 3 heteroatoms. The number of rotatable bonds is 6. The van der Waals surface area contributed by atoms with E-state index in [1.54, 1.807) is 0 Å². The zero-order valence-corrected chi connectivity index (χ0v) is 14.7. The SMILES string of the molecule is CCCNCC1CCC(C)CC1Cc1ccc(Cl)cc1Cl. The summed E-state index contributed by atoms with van der Waals surface area (Å²) in [4.78, 5) is 0. The first-order chi connectivity index (χ1) is 10.1. The average Bonchev–Trinajstić information content (AvgIpc) is 2.44. The summed E-state index contributed by atoms with van der Waals surface area (Å²) in [5.41, 5.74) is 1.25. The van der Waals surface area contributed by atoms with Crippen molar-refractivity contribution in [3.8, 4) is 0 Å². The van der Waals surface area contributed by atoms with Gasteiger partial charge in [0.1, 0.15) is 0 Å². The lowest BCUT2D eigenvalue weighted by molar-refractivity contribution is 0.184. The van der Waals surface area contributed by atoms with E-state index < -0.39 is 0 Å². The maximum Gasteiger partial charge on any atom is 0.0452 e. The first-order valence-corrected chi connectivity index (χ1v) is 9.00. The average molecular weight is 328 g/mol. The molecule has 21 heavy (non-hydrogen) atoms. The van der Waals surface area contributed by atoms with Crippen LogP contribution in [0.25, 0.3) is 0 Å². The number of benzene rings is 1. The third-order valence-electron chi connectivity index (χ3n) is 4.73. The second kappa shape index (κ2) is 8.41. The highest BCUT2D eigenvalue weighted by Gasteiger charge is 2.28. The number of halogens is 2. The van der Waals surface area contributed by atoms with Gasteiger partial charge in [-0.1, -0.05) is 49.5 Å². The molecule has 3 atom stereocenters. The predicted octanol–water partition coefficient (Wildman–Crippen LogP) is 5.59. The molecule has 2 rings (SSSR count). The third-order valence-corrected chi connectivity index (χ3v) is 5.32. The van der Waals surface area contributed by atoms with Gasteiger partial charge in [0, 0.05) is 10.0 Å². The van der Waals surface area contributed by atoms with E-state index in [0.29, 0.717) is 0 Å². The summed E-state index contributed by atoms with van der Waals surface area (Å²) >= 11 is 12.4. The van der Waals surface area contributed by atoms with E-state index in [9.17, 15) is 0 Å². The van der Waals surface area contributed by atoms with E-state index in [1.807, 2.05) is 12.1 Å². The molecule has 1 fully saturated rings. The van der Waals surface area contributed by atoms with Gasteiger partial charge in [-0.05, 0) is 74.2 Å². The Bertz CT molecular complexity index is 447. The molecule has 0 spiro atoms. The molecule has 0 radical (unpaired) electrons. The van der Waals surface area contributed by atoms with E-state index in [2.05, 4.69) is 25.2 Å². The van der Waals surface area contributed by atoms with Gasteiger partial charge in [0.05, 0.1) is 0 Å². The molecule has 0 aliphatic heterocycles. The molecule has 1 N–H and O–H groups in total. The highest BCUT2D eigenvalue weighted by molar-refractivity contribution is 6.35. The second-order valence-electron chi connectivity index (χ2n) is 6.58. The lowest BCUT2D eigenvalue weighted by Crippen LogP contribution is -2.34. The Kier molecular flexibility index (Phi) is 6.85. The lowest BCUT2D eigenvalue weighted by atomic mass is 9.72. The minimum absolute atomic E-state index is 0.724. The van der Waals surface area contributed by atoms with Crippen molar-refractivity contribution in [2.24, 2.45) is 17.8 Å². The van der Waals surface area contributed by atoms with Crippen LogP contribution in [0.15, 0.2) is 18.2 Å². The standard InChI is InChI=1S/C18H27Cl2N/c1-3-8-21-12-15-5-4-13(2)9-16(15)10-14-6-7-17(19)11-18(14)20/h6-7,11,13,15-16,21H,3-5,8-10,12H2,1-2H3. The molecule has 1 aliphatic carbocycles. The van der Waals surface area contributed by atoms with Crippen LogP contribution in [0.3, 0.4) is 0 Å². The van der Waals surface area contributed by atoms with Gasteiger partial charge in [-0.25, -0.2) is 0 Å². The molecule has 0 saturated heterocycles. The van der Waals surface area contributed by atoms with Gasteiger partial charge < -0.3 is 5.32 Å². The maximum atomic E-state index is 6.36. The maximum absolute atomic E-state index is 6.36. The van der Waals surface area contributed by atoms with E-state index in [4.69, 9.17) is 23.2 Å². The molecule has 1 aliphatic rings. The van der Waals surface area contributed by atoms with Gasteiger partial charge in [-0.15, -0.1) is 0 Å². The number of hydrogen-bond acceptors (Lipinski definition) is 1. The molecular weight excluding hydrogens is 301 g/mol. The summed E-state index contributed by atoms with van der Waals surface area (Å²) in [6.45, 7) is 6.88. The summed E-state index contributed by atoms with van der Waals surface area (Å²) in [7, 11) is 0. The quantitative estimate of drug-likeness (QED) is 0.671. The summed E-state index contributed by atoms with van der Waals surface area (Å²) in [6.07, 6.45) is 6.31. The monoisotopic (exact) mass is 327 g/mol. The van der Waals surface area contributed by atoms with Gasteiger partial charge >= 0.3 is 0 Å². The van der Waals surface area contributed by atoms with Crippen molar-refractivity contribution in [2.45, 2.75) is 46.0 Å². The molecule has 1 aromatic carbocycles. The van der Waals surface area contributed by atoms with Crippen LogP contribution in [0.4, 0.5) is 0 Å². The van der Waals surface area contributed by atoms with Crippen molar-refractivity contribution in [2.75, 3.05) is 13.1 Å². The van der Waals surface area contributed by atoms with Crippen LogP contribution in [-0.4, -0.2) is 13.1 Å². The Balaban J connectivity index is 2.01. The Morgan fingerprint density at radius 3 is 2.71 bits per heavy atom. The van der Waals surface area contributed by atoms with E-state index in [1.165, 1.54) is 31.2 Å². The van der Waals surface area contributed by atoms with Gasteiger partial charge in [0.25, 0.3) is 0 Å². The smallest absolute Gasteiger partial charge is 0.0452 e. The largest absolute Gasteiger partial charge is 0.316 e. The topological polar surface area (TPSA) is 12.0 Å². The number of hydrogen-bond donors (Lipinski definition) is 1. The van der Waals surface area contributed by atoms with E-state index in [-0.39, 0.29) is 0 Å². The fourth-order valence-electron chi connectivity index (χ4n) is 3.51. The summed E-state index contributed by atoms with van der Waals surface area (Å²) in [5.74, 6) is 2.35. The molecule has 0 bridgehead atoms. The fraction of sp³-hybridized carbons (Fsp3) is 0.667. The highest BCUT2D eigenvalue weighted by atomic mass is 35.5. The predicted molar refractivity (Wildman–Crippen MR) is 93.3 cm³/mol. The first-order valence-electron chi connectivity index (χ1n) is 8.24. The van der Waals surface area contributed by atoms with Crippen LogP contribution in [-0.2, 0) is 6.42 Å². The van der Waals surface area contributed by atoms with Crippen molar-refractivity contribution in [1.29, 1.82) is 0 Å². The lowest BCUT2D eigenvalue weighted by Gasteiger charge is -2.35. The van der Waals surface area contributed by atoms with Gasteiger partial charge in [0.15, 0.2) is 0 Å². The van der Waals surface area contributed by atoms with E-state index in [0.717, 1.165) is 47.3 Å². The van der Waals surface area contributed by atoms with Gasteiger partial charge in [-0.2, -0.15) is 0 Å². The molecule has 0 heterocycles. The third kappa shape index (κ3) is 5.16. The zero-order chi connectivity index (χ0) is 15.2. The van der Waals surface area contributed by atoms with Gasteiger partial charge in [-0.3, -0.25) is 0 Å². The van der Waals surface area contributed by atoms with Crippen molar-refractivity contribution < 1.29 is 0 Å². The summed E-state index contributed by atoms with van der Waals surface area (Å²) in [5, 5.41) is 5.15. The Labute approximate surface area is 139 Å². The Morgan fingerprint density at radius 2 is 2.00 bits per heavy atom. The van der Waals surface area contributed by atoms with Crippen LogP contribution in [0, 0.1) is 17.8 Å². The molecule has 1 nitrogen and oxygen atoms in total. The van der Waals surface area contributed by atoms with Crippen LogP contribution in [0.1, 0.15) is 45.1 Å². The highest BCUT2D eigenvalue weighted by Crippen LogP contribution is 2.37. The Morgan fingerprint density at radius 1 is 1.19 bits per heavy atom. The van der Waals surface area contributed by atoms with Crippen molar-refractivity contribution in [1.82, 2.24) is 5.32 Å². The van der Waals surface area contributed by atoms with Crippen molar-refractivity contribution in [3.63, 3.8) is 0 Å². The van der Waals surface area contributed by atoms with Crippen LogP contribution < -0.4 is 5.32 Å². The Hall–Kier alpha value is -0.240. The molecule has 1 saturated carbocycles. The van der Waals surface area contributed by atoms with Crippen molar-refractivity contribution >= 4 is 23.2 Å². The first kappa shape index (κ1) is 17.1. The molecular formula is C18H27Cl2N.